The number of para-hydroxylation sites is 1. The minimum Gasteiger partial charge on any atom is -0.326 e. The van der Waals surface area contributed by atoms with Crippen LogP contribution in [0.25, 0.3) is 0 Å². The zero-order valence-electron chi connectivity index (χ0n) is 9.43. The highest BCUT2D eigenvalue weighted by atomic mass is 35.5. The Labute approximate surface area is 109 Å². The first-order chi connectivity index (χ1) is 8.70. The highest BCUT2D eigenvalue weighted by Crippen LogP contribution is 2.15. The van der Waals surface area contributed by atoms with Crippen molar-refractivity contribution in [3.63, 3.8) is 0 Å². The Morgan fingerprint density at radius 3 is 2.83 bits per heavy atom. The molecule has 0 unspecified atom stereocenters. The summed E-state index contributed by atoms with van der Waals surface area (Å²) in [6.45, 7) is 0.348. The van der Waals surface area contributed by atoms with Crippen molar-refractivity contribution in [3.05, 3.63) is 53.1 Å². The molecule has 0 radical (unpaired) electrons. The van der Waals surface area contributed by atoms with Crippen LogP contribution in [0, 0.1) is 0 Å². The third kappa shape index (κ3) is 2.82. The number of anilines is 1. The van der Waals surface area contributed by atoms with E-state index in [1.54, 1.807) is 6.07 Å². The standard InChI is InChI=1S/C12H11ClN4O/c13-11-5-10(15-7-16-11)12(18)17-9-4-2-1-3-8(9)6-14/h1-5,7H,6,14H2,(H,17,18). The van der Waals surface area contributed by atoms with E-state index in [4.69, 9.17) is 17.3 Å². The van der Waals surface area contributed by atoms with Crippen molar-refractivity contribution in [2.75, 3.05) is 5.32 Å². The van der Waals surface area contributed by atoms with Crippen molar-refractivity contribution in [1.29, 1.82) is 0 Å². The molecular weight excluding hydrogens is 252 g/mol. The molecule has 0 fully saturated rings. The van der Waals surface area contributed by atoms with Gasteiger partial charge in [0.2, 0.25) is 0 Å². The summed E-state index contributed by atoms with van der Waals surface area (Å²) in [5.41, 5.74) is 7.32. The van der Waals surface area contributed by atoms with E-state index >= 15 is 0 Å². The van der Waals surface area contributed by atoms with Crippen LogP contribution in [0.5, 0.6) is 0 Å². The number of nitrogens with one attached hydrogen (secondary N) is 1. The lowest BCUT2D eigenvalue weighted by Gasteiger charge is -2.08. The number of amides is 1. The quantitative estimate of drug-likeness (QED) is 0.827. The van der Waals surface area contributed by atoms with Crippen LogP contribution in [-0.2, 0) is 6.54 Å². The molecule has 0 aliphatic heterocycles. The average molecular weight is 263 g/mol. The molecule has 1 aromatic heterocycles. The fourth-order valence-corrected chi connectivity index (χ4v) is 1.61. The molecule has 2 aromatic rings. The maximum Gasteiger partial charge on any atom is 0.274 e. The van der Waals surface area contributed by atoms with Crippen molar-refractivity contribution in [2.45, 2.75) is 6.54 Å². The van der Waals surface area contributed by atoms with Gasteiger partial charge in [-0.1, -0.05) is 29.8 Å². The minimum absolute atomic E-state index is 0.210. The third-order valence-corrected chi connectivity index (χ3v) is 2.56. The fourth-order valence-electron chi connectivity index (χ4n) is 1.46. The monoisotopic (exact) mass is 262 g/mol. The van der Waals surface area contributed by atoms with Crippen LogP contribution in [0.2, 0.25) is 5.15 Å². The summed E-state index contributed by atoms with van der Waals surface area (Å²) in [6.07, 6.45) is 1.24. The summed E-state index contributed by atoms with van der Waals surface area (Å²) in [7, 11) is 0. The number of carbonyl (C=O) groups excluding carboxylic acids is 1. The van der Waals surface area contributed by atoms with Gasteiger partial charge >= 0.3 is 0 Å². The minimum atomic E-state index is -0.347. The Hall–Kier alpha value is -1.98. The molecule has 2 rings (SSSR count). The molecule has 5 nitrogen and oxygen atoms in total. The number of hydrogen-bond donors (Lipinski definition) is 2. The lowest BCUT2D eigenvalue weighted by atomic mass is 10.2. The van der Waals surface area contributed by atoms with Gasteiger partial charge in [0.05, 0.1) is 0 Å². The van der Waals surface area contributed by atoms with Gasteiger partial charge in [-0.3, -0.25) is 4.79 Å². The van der Waals surface area contributed by atoms with Crippen LogP contribution in [-0.4, -0.2) is 15.9 Å². The summed E-state index contributed by atoms with van der Waals surface area (Å²) in [5, 5.41) is 2.96. The van der Waals surface area contributed by atoms with Crippen LogP contribution in [0.1, 0.15) is 16.1 Å². The van der Waals surface area contributed by atoms with Crippen LogP contribution in [0.4, 0.5) is 5.69 Å². The second kappa shape index (κ2) is 5.57. The van der Waals surface area contributed by atoms with Crippen molar-refractivity contribution >= 4 is 23.2 Å². The Kier molecular flexibility index (Phi) is 3.86. The van der Waals surface area contributed by atoms with E-state index in [0.29, 0.717) is 12.2 Å². The molecule has 1 heterocycles. The van der Waals surface area contributed by atoms with Crippen molar-refractivity contribution < 1.29 is 4.79 Å². The summed E-state index contributed by atoms with van der Waals surface area (Å²) >= 11 is 5.70. The first-order valence-corrected chi connectivity index (χ1v) is 5.65. The number of aromatic nitrogens is 2. The molecule has 6 heteroatoms. The summed E-state index contributed by atoms with van der Waals surface area (Å²) in [5.74, 6) is -0.347. The lowest BCUT2D eigenvalue weighted by Crippen LogP contribution is -2.15. The van der Waals surface area contributed by atoms with Gasteiger partial charge in [-0.2, -0.15) is 0 Å². The van der Waals surface area contributed by atoms with Gasteiger partial charge in [-0.05, 0) is 11.6 Å². The summed E-state index contributed by atoms with van der Waals surface area (Å²) in [6, 6.07) is 8.72. The highest BCUT2D eigenvalue weighted by Gasteiger charge is 2.10. The number of halogens is 1. The molecule has 0 spiro atoms. The smallest absolute Gasteiger partial charge is 0.274 e. The summed E-state index contributed by atoms with van der Waals surface area (Å²) in [4.78, 5) is 19.5. The molecule has 0 aliphatic carbocycles. The first-order valence-electron chi connectivity index (χ1n) is 5.27. The van der Waals surface area contributed by atoms with E-state index in [0.717, 1.165) is 5.56 Å². The first kappa shape index (κ1) is 12.5. The van der Waals surface area contributed by atoms with E-state index < -0.39 is 0 Å². The van der Waals surface area contributed by atoms with E-state index in [1.165, 1.54) is 12.4 Å². The topological polar surface area (TPSA) is 80.9 Å². The number of rotatable bonds is 3. The molecule has 0 atom stereocenters. The summed E-state index contributed by atoms with van der Waals surface area (Å²) < 4.78 is 0. The van der Waals surface area contributed by atoms with Gasteiger partial charge in [-0.25, -0.2) is 9.97 Å². The lowest BCUT2D eigenvalue weighted by molar-refractivity contribution is 0.102. The highest BCUT2D eigenvalue weighted by molar-refractivity contribution is 6.29. The van der Waals surface area contributed by atoms with E-state index in [1.807, 2.05) is 18.2 Å². The molecule has 92 valence electrons. The van der Waals surface area contributed by atoms with Crippen molar-refractivity contribution in [3.8, 4) is 0 Å². The zero-order chi connectivity index (χ0) is 13.0. The Morgan fingerprint density at radius 1 is 1.33 bits per heavy atom. The van der Waals surface area contributed by atoms with Gasteiger partial charge in [-0.15, -0.1) is 0 Å². The second-order valence-corrected chi connectivity index (χ2v) is 3.93. The van der Waals surface area contributed by atoms with Crippen LogP contribution >= 0.6 is 11.6 Å². The molecule has 3 N–H and O–H groups in total. The largest absolute Gasteiger partial charge is 0.326 e. The molecule has 1 amide bonds. The van der Waals surface area contributed by atoms with E-state index in [2.05, 4.69) is 15.3 Å². The SMILES string of the molecule is NCc1ccccc1NC(=O)c1cc(Cl)ncn1. The van der Waals surface area contributed by atoms with Gasteiger partial charge in [0.25, 0.3) is 5.91 Å². The molecule has 0 saturated heterocycles. The number of benzene rings is 1. The van der Waals surface area contributed by atoms with E-state index in [9.17, 15) is 4.79 Å². The van der Waals surface area contributed by atoms with Gasteiger partial charge in [0.15, 0.2) is 0 Å². The molecule has 0 bridgehead atoms. The number of hydrogen-bond acceptors (Lipinski definition) is 4. The Morgan fingerprint density at radius 2 is 2.11 bits per heavy atom. The van der Waals surface area contributed by atoms with Crippen LogP contribution < -0.4 is 11.1 Å². The Bertz CT molecular complexity index is 574. The molecular formula is C12H11ClN4O. The van der Waals surface area contributed by atoms with Gasteiger partial charge in [0, 0.05) is 18.3 Å². The number of nitrogens with zero attached hydrogens (tertiary/aromatic N) is 2. The van der Waals surface area contributed by atoms with Gasteiger partial charge in [0.1, 0.15) is 17.2 Å². The fraction of sp³-hybridized carbons (Fsp3) is 0.0833. The number of carbonyl (C=O) groups is 1. The predicted molar refractivity (Wildman–Crippen MR) is 69.3 cm³/mol. The van der Waals surface area contributed by atoms with E-state index in [-0.39, 0.29) is 16.8 Å². The third-order valence-electron chi connectivity index (χ3n) is 2.35. The second-order valence-electron chi connectivity index (χ2n) is 3.54. The molecule has 1 aromatic carbocycles. The van der Waals surface area contributed by atoms with Crippen LogP contribution in [0.3, 0.4) is 0 Å². The average Bonchev–Trinajstić information content (AvgIpc) is 2.39. The maximum absolute atomic E-state index is 11.9. The van der Waals surface area contributed by atoms with Crippen molar-refractivity contribution in [2.24, 2.45) is 5.73 Å². The van der Waals surface area contributed by atoms with Gasteiger partial charge < -0.3 is 11.1 Å². The van der Waals surface area contributed by atoms with Crippen LogP contribution in [0.15, 0.2) is 36.7 Å². The van der Waals surface area contributed by atoms with Crippen molar-refractivity contribution in [1.82, 2.24) is 9.97 Å². The maximum atomic E-state index is 11.9. The Balaban J connectivity index is 2.21. The zero-order valence-corrected chi connectivity index (χ0v) is 10.2. The molecule has 0 saturated carbocycles. The normalized spacial score (nSPS) is 10.1. The molecule has 0 aliphatic rings. The predicted octanol–water partition coefficient (Wildman–Crippen LogP) is 1.84. The molecule has 18 heavy (non-hydrogen) atoms. The number of nitrogens with two attached hydrogens (primary N) is 1.